The molecule has 1 N–H and O–H groups in total. The van der Waals surface area contributed by atoms with Crippen LogP contribution in [0, 0.1) is 0 Å². The molecule has 0 amide bonds. The summed E-state index contributed by atoms with van der Waals surface area (Å²) in [6.07, 6.45) is 1.27. The number of nitrogens with one attached hydrogen (secondary N) is 1. The van der Waals surface area contributed by atoms with Gasteiger partial charge in [-0.05, 0) is 31.7 Å². The van der Waals surface area contributed by atoms with Crippen LogP contribution in [0.1, 0.15) is 18.5 Å². The first kappa shape index (κ1) is 14.5. The maximum Gasteiger partial charge on any atom is 0.148 e. The standard InChI is InChI=1S/C12H19NO2S2/c1-10(13-2)11-4-6-12(7-5-11)16-8-9-17(3,14)15/h4-7,10,13H,8-9H2,1-3H3. The lowest BCUT2D eigenvalue weighted by atomic mass is 10.1. The Hall–Kier alpha value is -0.520. The average molecular weight is 273 g/mol. The summed E-state index contributed by atoms with van der Waals surface area (Å²) in [4.78, 5) is 1.11. The lowest BCUT2D eigenvalue weighted by Crippen LogP contribution is -2.11. The molecule has 5 heteroatoms. The fraction of sp³-hybridized carbons (Fsp3) is 0.500. The molecule has 0 spiro atoms. The summed E-state index contributed by atoms with van der Waals surface area (Å²) in [7, 11) is -0.921. The Bertz CT molecular complexity index is 440. The molecule has 96 valence electrons. The second-order valence-corrected chi connectivity index (χ2v) is 7.49. The van der Waals surface area contributed by atoms with Crippen molar-refractivity contribution >= 4 is 21.6 Å². The Morgan fingerprint density at radius 3 is 2.35 bits per heavy atom. The van der Waals surface area contributed by atoms with E-state index in [0.29, 0.717) is 11.8 Å². The highest BCUT2D eigenvalue weighted by molar-refractivity contribution is 8.00. The molecule has 1 atom stereocenters. The van der Waals surface area contributed by atoms with Crippen LogP contribution in [0.25, 0.3) is 0 Å². The fourth-order valence-electron chi connectivity index (χ4n) is 1.33. The van der Waals surface area contributed by atoms with Gasteiger partial charge in [0.15, 0.2) is 0 Å². The van der Waals surface area contributed by atoms with Crippen LogP contribution in [0.15, 0.2) is 29.2 Å². The minimum Gasteiger partial charge on any atom is -0.313 e. The van der Waals surface area contributed by atoms with E-state index in [2.05, 4.69) is 24.4 Å². The van der Waals surface area contributed by atoms with E-state index in [4.69, 9.17) is 0 Å². The number of sulfone groups is 1. The minimum atomic E-state index is -2.85. The van der Waals surface area contributed by atoms with Gasteiger partial charge in [0.1, 0.15) is 9.84 Å². The molecule has 1 unspecified atom stereocenters. The van der Waals surface area contributed by atoms with Crippen molar-refractivity contribution in [2.45, 2.75) is 17.9 Å². The highest BCUT2D eigenvalue weighted by atomic mass is 32.2. The summed E-state index contributed by atoms with van der Waals surface area (Å²) in [5.41, 5.74) is 1.24. The smallest absolute Gasteiger partial charge is 0.148 e. The van der Waals surface area contributed by atoms with Crippen LogP contribution in [0.4, 0.5) is 0 Å². The third-order valence-corrected chi connectivity index (χ3v) is 4.75. The van der Waals surface area contributed by atoms with Gasteiger partial charge in [-0.15, -0.1) is 11.8 Å². The van der Waals surface area contributed by atoms with Crippen LogP contribution in [-0.2, 0) is 9.84 Å². The molecular formula is C12H19NO2S2. The summed E-state index contributed by atoms with van der Waals surface area (Å²) in [6, 6.07) is 8.56. The SMILES string of the molecule is CNC(C)c1ccc(SCCS(C)(=O)=O)cc1. The number of rotatable bonds is 6. The Balaban J connectivity index is 2.51. The first-order valence-electron chi connectivity index (χ1n) is 5.50. The molecule has 1 aromatic carbocycles. The van der Waals surface area contributed by atoms with E-state index in [-0.39, 0.29) is 5.75 Å². The third kappa shape index (κ3) is 5.57. The molecule has 0 aliphatic heterocycles. The average Bonchev–Trinajstić information content (AvgIpc) is 2.27. The molecule has 17 heavy (non-hydrogen) atoms. The van der Waals surface area contributed by atoms with Crippen molar-refractivity contribution in [3.63, 3.8) is 0 Å². The Labute approximate surface area is 108 Å². The number of hydrogen-bond donors (Lipinski definition) is 1. The van der Waals surface area contributed by atoms with Crippen molar-refractivity contribution in [2.75, 3.05) is 24.8 Å². The molecular weight excluding hydrogens is 254 g/mol. The largest absolute Gasteiger partial charge is 0.313 e. The molecule has 3 nitrogen and oxygen atoms in total. The van der Waals surface area contributed by atoms with E-state index in [9.17, 15) is 8.42 Å². The number of thioether (sulfide) groups is 1. The zero-order chi connectivity index (χ0) is 12.9. The predicted octanol–water partition coefficient (Wildman–Crippen LogP) is 2.10. The van der Waals surface area contributed by atoms with Gasteiger partial charge in [-0.1, -0.05) is 12.1 Å². The summed E-state index contributed by atoms with van der Waals surface area (Å²) >= 11 is 1.58. The van der Waals surface area contributed by atoms with Crippen molar-refractivity contribution in [1.29, 1.82) is 0 Å². The molecule has 0 aliphatic carbocycles. The monoisotopic (exact) mass is 273 g/mol. The minimum absolute atomic E-state index is 0.229. The molecule has 0 bridgehead atoms. The predicted molar refractivity (Wildman–Crippen MR) is 74.4 cm³/mol. The van der Waals surface area contributed by atoms with Gasteiger partial charge in [0.2, 0.25) is 0 Å². The molecule has 1 rings (SSSR count). The Kier molecular flexibility index (Phi) is 5.49. The zero-order valence-corrected chi connectivity index (χ0v) is 12.1. The van der Waals surface area contributed by atoms with E-state index < -0.39 is 9.84 Å². The van der Waals surface area contributed by atoms with Crippen molar-refractivity contribution in [2.24, 2.45) is 0 Å². The second kappa shape index (κ2) is 6.42. The van der Waals surface area contributed by atoms with E-state index in [1.807, 2.05) is 19.2 Å². The highest BCUT2D eigenvalue weighted by Gasteiger charge is 2.04. The lowest BCUT2D eigenvalue weighted by Gasteiger charge is -2.10. The molecule has 0 heterocycles. The van der Waals surface area contributed by atoms with E-state index in [1.54, 1.807) is 11.8 Å². The molecule has 0 saturated heterocycles. The van der Waals surface area contributed by atoms with Gasteiger partial charge >= 0.3 is 0 Å². The van der Waals surface area contributed by atoms with E-state index in [1.165, 1.54) is 11.8 Å². The van der Waals surface area contributed by atoms with Gasteiger partial charge in [0, 0.05) is 22.9 Å². The number of hydrogen-bond acceptors (Lipinski definition) is 4. The topological polar surface area (TPSA) is 46.2 Å². The van der Waals surface area contributed by atoms with E-state index >= 15 is 0 Å². The first-order valence-corrected chi connectivity index (χ1v) is 8.55. The molecule has 0 aliphatic rings. The van der Waals surface area contributed by atoms with Crippen molar-refractivity contribution in [3.8, 4) is 0 Å². The summed E-state index contributed by atoms with van der Waals surface area (Å²) in [5.74, 6) is 0.839. The van der Waals surface area contributed by atoms with Gasteiger partial charge in [-0.2, -0.15) is 0 Å². The fourth-order valence-corrected chi connectivity index (χ4v) is 3.44. The van der Waals surface area contributed by atoms with Gasteiger partial charge in [-0.25, -0.2) is 8.42 Å². The van der Waals surface area contributed by atoms with Crippen LogP contribution < -0.4 is 5.32 Å². The van der Waals surface area contributed by atoms with E-state index in [0.717, 1.165) is 4.90 Å². The van der Waals surface area contributed by atoms with Gasteiger partial charge < -0.3 is 5.32 Å². The van der Waals surface area contributed by atoms with Crippen molar-refractivity contribution in [1.82, 2.24) is 5.32 Å². The quantitative estimate of drug-likeness (QED) is 0.806. The van der Waals surface area contributed by atoms with Crippen LogP contribution in [-0.4, -0.2) is 33.2 Å². The van der Waals surface area contributed by atoms with Gasteiger partial charge in [0.05, 0.1) is 5.75 Å². The van der Waals surface area contributed by atoms with Crippen LogP contribution >= 0.6 is 11.8 Å². The summed E-state index contributed by atoms with van der Waals surface area (Å²) < 4.78 is 22.0. The first-order chi connectivity index (χ1) is 7.92. The van der Waals surface area contributed by atoms with Crippen LogP contribution in [0.2, 0.25) is 0 Å². The Morgan fingerprint density at radius 1 is 1.29 bits per heavy atom. The number of benzene rings is 1. The molecule has 0 fully saturated rings. The van der Waals surface area contributed by atoms with Gasteiger partial charge in [-0.3, -0.25) is 0 Å². The maximum absolute atomic E-state index is 11.0. The van der Waals surface area contributed by atoms with Crippen LogP contribution in [0.3, 0.4) is 0 Å². The molecule has 0 saturated carbocycles. The Morgan fingerprint density at radius 2 is 1.88 bits per heavy atom. The van der Waals surface area contributed by atoms with Crippen molar-refractivity contribution < 1.29 is 8.42 Å². The lowest BCUT2D eigenvalue weighted by molar-refractivity contribution is 0.603. The third-order valence-electron chi connectivity index (χ3n) is 2.54. The maximum atomic E-state index is 11.0. The summed E-state index contributed by atoms with van der Waals surface area (Å²) in [5, 5.41) is 3.18. The molecule has 1 aromatic rings. The van der Waals surface area contributed by atoms with Gasteiger partial charge in [0.25, 0.3) is 0 Å². The molecule has 0 radical (unpaired) electrons. The van der Waals surface area contributed by atoms with Crippen LogP contribution in [0.5, 0.6) is 0 Å². The highest BCUT2D eigenvalue weighted by Crippen LogP contribution is 2.21. The molecule has 0 aromatic heterocycles. The summed E-state index contributed by atoms with van der Waals surface area (Å²) in [6.45, 7) is 2.10. The normalized spacial score (nSPS) is 13.6. The van der Waals surface area contributed by atoms with Crippen molar-refractivity contribution in [3.05, 3.63) is 29.8 Å². The second-order valence-electron chi connectivity index (χ2n) is 4.06. The zero-order valence-electron chi connectivity index (χ0n) is 10.4.